The van der Waals surface area contributed by atoms with E-state index >= 15 is 8.78 Å². The van der Waals surface area contributed by atoms with Crippen LogP contribution >= 0.6 is 0 Å². The Balaban J connectivity index is 1.71. The van der Waals surface area contributed by atoms with Crippen LogP contribution in [-0.2, 0) is 5.41 Å². The van der Waals surface area contributed by atoms with Crippen LogP contribution in [0.15, 0.2) is 82.6 Å². The summed E-state index contributed by atoms with van der Waals surface area (Å²) in [5, 5.41) is 0. The van der Waals surface area contributed by atoms with Crippen molar-refractivity contribution in [1.82, 2.24) is 4.98 Å². The fourth-order valence-electron chi connectivity index (χ4n) is 5.14. The molecule has 5 rings (SSSR count). The lowest BCUT2D eigenvalue weighted by atomic mass is 9.79. The summed E-state index contributed by atoms with van der Waals surface area (Å²) in [7, 11) is 0. The third-order valence-corrected chi connectivity index (χ3v) is 7.77. The molecule has 1 aromatic heterocycles. The molecule has 38 heavy (non-hydrogen) atoms. The molecule has 0 fully saturated rings. The summed E-state index contributed by atoms with van der Waals surface area (Å²) in [6, 6.07) is 3.36. The molecule has 0 unspecified atom stereocenters. The molecule has 0 radical (unpaired) electrons. The van der Waals surface area contributed by atoms with E-state index in [1.807, 2.05) is 64.2 Å². The molecule has 0 spiro atoms. The normalized spacial score (nSPS) is 18.4. The molecule has 7 heteroatoms. The molecule has 0 bridgehead atoms. The van der Waals surface area contributed by atoms with Gasteiger partial charge in [0.1, 0.15) is 0 Å². The van der Waals surface area contributed by atoms with E-state index in [4.69, 9.17) is 0 Å². The summed E-state index contributed by atoms with van der Waals surface area (Å²) in [6.45, 7) is 7.97. The largest absolute Gasteiger partial charge is 0.358 e. The molecule has 2 nitrogen and oxygen atoms in total. The number of benzene rings is 1. The Bertz CT molecular complexity index is 1530. The monoisotopic (exact) mass is 522 g/mol. The molecule has 196 valence electrons. The summed E-state index contributed by atoms with van der Waals surface area (Å²) in [5.41, 5.74) is 1.71. The lowest BCUT2D eigenvalue weighted by molar-refractivity contribution is 0.376. The first-order valence-corrected chi connectivity index (χ1v) is 12.4. The Kier molecular flexibility index (Phi) is 6.28. The van der Waals surface area contributed by atoms with Crippen molar-refractivity contribution in [2.24, 2.45) is 10.4 Å². The van der Waals surface area contributed by atoms with Crippen LogP contribution in [0.3, 0.4) is 0 Å². The standard InChI is InChI=1S/C31H27F5N2/c1-30(2,17-9-5-6-10-17)21-15-13-19(37-21)23(24-25(32)27(34)29(36)28(35)26(24)33)20-14-16-22(38-20)31(3,4)18-11-7-8-12-18/h5-9,11,13-16,37H,10,12H2,1-4H3/b23-20+. The van der Waals surface area contributed by atoms with E-state index in [-0.39, 0.29) is 17.0 Å². The molecule has 0 saturated heterocycles. The van der Waals surface area contributed by atoms with Gasteiger partial charge in [-0.1, -0.05) is 75.3 Å². The van der Waals surface area contributed by atoms with Gasteiger partial charge in [-0.3, -0.25) is 4.99 Å². The van der Waals surface area contributed by atoms with Crippen molar-refractivity contribution in [2.75, 3.05) is 0 Å². The molecule has 2 aliphatic carbocycles. The molecule has 1 aliphatic heterocycles. The van der Waals surface area contributed by atoms with Crippen molar-refractivity contribution in [3.63, 3.8) is 0 Å². The number of nitrogens with one attached hydrogen (secondary N) is 1. The minimum atomic E-state index is -2.20. The van der Waals surface area contributed by atoms with Crippen LogP contribution in [0.1, 0.15) is 57.5 Å². The number of rotatable bonds is 6. The first-order valence-electron chi connectivity index (χ1n) is 12.4. The second kappa shape index (κ2) is 9.22. The summed E-state index contributed by atoms with van der Waals surface area (Å²) in [6.07, 6.45) is 16.7. The average Bonchev–Trinajstić information content (AvgIpc) is 3.71. The highest BCUT2D eigenvalue weighted by Gasteiger charge is 2.35. The maximum absolute atomic E-state index is 15.2. The number of hydrogen-bond acceptors (Lipinski definition) is 1. The number of aromatic nitrogens is 1. The van der Waals surface area contributed by atoms with Gasteiger partial charge < -0.3 is 4.98 Å². The minimum Gasteiger partial charge on any atom is -0.358 e. The van der Waals surface area contributed by atoms with E-state index in [0.717, 1.165) is 29.7 Å². The minimum absolute atomic E-state index is 0.107. The van der Waals surface area contributed by atoms with Crippen LogP contribution in [0.5, 0.6) is 0 Å². The van der Waals surface area contributed by atoms with Gasteiger partial charge in [0.05, 0.1) is 17.0 Å². The molecular weight excluding hydrogens is 495 g/mol. The molecule has 1 N–H and O–H groups in total. The summed E-state index contributed by atoms with van der Waals surface area (Å²) in [4.78, 5) is 7.87. The van der Waals surface area contributed by atoms with Crippen molar-refractivity contribution in [1.29, 1.82) is 0 Å². The maximum atomic E-state index is 15.2. The SMILES string of the molecule is CC(C)(C1=CC=CC1)C1=N/C(=C(\c2ccc(C(C)(C)C3=CC=CC3)[nH]2)c2c(F)c(F)c(F)c(F)c2F)C=C1. The van der Waals surface area contributed by atoms with Gasteiger partial charge in [-0.05, 0) is 37.1 Å². The van der Waals surface area contributed by atoms with Gasteiger partial charge in [0.2, 0.25) is 5.82 Å². The number of allylic oxidation sites excluding steroid dienone is 10. The predicted octanol–water partition coefficient (Wildman–Crippen LogP) is 8.56. The van der Waals surface area contributed by atoms with Crippen molar-refractivity contribution in [3.05, 3.63) is 124 Å². The zero-order valence-electron chi connectivity index (χ0n) is 21.5. The van der Waals surface area contributed by atoms with Crippen LogP contribution in [0.4, 0.5) is 22.0 Å². The number of nitrogens with zero attached hydrogens (tertiary/aromatic N) is 1. The molecule has 1 aromatic carbocycles. The van der Waals surface area contributed by atoms with Gasteiger partial charge in [0.25, 0.3) is 0 Å². The quantitative estimate of drug-likeness (QED) is 0.224. The van der Waals surface area contributed by atoms with Crippen LogP contribution in [0.2, 0.25) is 0 Å². The highest BCUT2D eigenvalue weighted by atomic mass is 19.2. The molecule has 2 aromatic rings. The van der Waals surface area contributed by atoms with Crippen LogP contribution in [0.25, 0.3) is 5.57 Å². The Morgan fingerprint density at radius 3 is 1.84 bits per heavy atom. The smallest absolute Gasteiger partial charge is 0.200 e. The zero-order chi connectivity index (χ0) is 27.4. The summed E-state index contributed by atoms with van der Waals surface area (Å²) in [5.74, 6) is -10.0. The van der Waals surface area contributed by atoms with Gasteiger partial charge in [0.15, 0.2) is 23.3 Å². The maximum Gasteiger partial charge on any atom is 0.200 e. The van der Waals surface area contributed by atoms with E-state index in [1.54, 1.807) is 24.3 Å². The predicted molar refractivity (Wildman–Crippen MR) is 140 cm³/mol. The van der Waals surface area contributed by atoms with Crippen molar-refractivity contribution in [3.8, 4) is 0 Å². The van der Waals surface area contributed by atoms with Gasteiger partial charge >= 0.3 is 0 Å². The van der Waals surface area contributed by atoms with Gasteiger partial charge in [-0.25, -0.2) is 22.0 Å². The second-order valence-electron chi connectivity index (χ2n) is 10.7. The van der Waals surface area contributed by atoms with E-state index in [1.165, 1.54) is 0 Å². The molecular formula is C31H27F5N2. The molecule has 0 saturated carbocycles. The zero-order valence-corrected chi connectivity index (χ0v) is 21.5. The number of aromatic amines is 1. The van der Waals surface area contributed by atoms with Crippen molar-refractivity contribution < 1.29 is 22.0 Å². The number of hydrogen-bond donors (Lipinski definition) is 1. The van der Waals surface area contributed by atoms with E-state index in [2.05, 4.69) is 9.98 Å². The van der Waals surface area contributed by atoms with E-state index < -0.39 is 45.5 Å². The Hall–Kier alpha value is -3.74. The first kappa shape index (κ1) is 25.9. The fraction of sp³-hybridized carbons (Fsp3) is 0.258. The van der Waals surface area contributed by atoms with Crippen molar-refractivity contribution in [2.45, 2.75) is 46.0 Å². The van der Waals surface area contributed by atoms with Crippen LogP contribution < -0.4 is 0 Å². The molecule has 0 amide bonds. The molecule has 2 heterocycles. The van der Waals surface area contributed by atoms with E-state index in [9.17, 15) is 13.2 Å². The van der Waals surface area contributed by atoms with Crippen LogP contribution in [0, 0.1) is 34.5 Å². The molecule has 3 aliphatic rings. The first-order chi connectivity index (χ1) is 17.9. The Labute approximate surface area is 218 Å². The molecule has 0 atom stereocenters. The third kappa shape index (κ3) is 4.05. The third-order valence-electron chi connectivity index (χ3n) is 7.77. The topological polar surface area (TPSA) is 28.1 Å². The Morgan fingerprint density at radius 1 is 0.737 bits per heavy atom. The fourth-order valence-corrected chi connectivity index (χ4v) is 5.14. The lowest BCUT2D eigenvalue weighted by Gasteiger charge is -2.26. The van der Waals surface area contributed by atoms with Gasteiger partial charge in [-0.15, -0.1) is 0 Å². The van der Waals surface area contributed by atoms with Crippen molar-refractivity contribution >= 4 is 11.3 Å². The highest BCUT2D eigenvalue weighted by molar-refractivity contribution is 6.06. The second-order valence-corrected chi connectivity index (χ2v) is 10.7. The summed E-state index contributed by atoms with van der Waals surface area (Å²) >= 11 is 0. The number of halogens is 5. The lowest BCUT2D eigenvalue weighted by Crippen LogP contribution is -2.23. The van der Waals surface area contributed by atoms with Gasteiger partial charge in [0, 0.05) is 27.8 Å². The van der Waals surface area contributed by atoms with Crippen LogP contribution in [-0.4, -0.2) is 10.7 Å². The van der Waals surface area contributed by atoms with E-state index in [0.29, 0.717) is 5.71 Å². The average molecular weight is 523 g/mol. The highest BCUT2D eigenvalue weighted by Crippen LogP contribution is 2.42. The Morgan fingerprint density at radius 2 is 1.29 bits per heavy atom. The number of aliphatic imine (C=N–C) groups is 1. The number of H-pyrrole nitrogens is 1. The summed E-state index contributed by atoms with van der Waals surface area (Å²) < 4.78 is 73.0. The van der Waals surface area contributed by atoms with Gasteiger partial charge in [-0.2, -0.15) is 0 Å².